The zero-order valence-corrected chi connectivity index (χ0v) is 13.4. The van der Waals surface area contributed by atoms with Gasteiger partial charge in [-0.25, -0.2) is 0 Å². The van der Waals surface area contributed by atoms with Crippen LogP contribution in [-0.4, -0.2) is 59.5 Å². The summed E-state index contributed by atoms with van der Waals surface area (Å²) in [6, 6.07) is 2.00. The van der Waals surface area contributed by atoms with Crippen molar-refractivity contribution in [2.45, 2.75) is 26.7 Å². The average molecular weight is 310 g/mol. The Morgan fingerprint density at radius 3 is 2.67 bits per heavy atom. The fourth-order valence-corrected chi connectivity index (χ4v) is 3.74. The zero-order valence-electron chi connectivity index (χ0n) is 12.6. The van der Waals surface area contributed by atoms with Gasteiger partial charge in [0.25, 0.3) is 5.91 Å². The number of amides is 1. The highest BCUT2D eigenvalue weighted by Gasteiger charge is 2.22. The summed E-state index contributed by atoms with van der Waals surface area (Å²) in [5.41, 5.74) is 1.24. The molecule has 0 bridgehead atoms. The van der Waals surface area contributed by atoms with Crippen LogP contribution in [0.2, 0.25) is 0 Å². The van der Waals surface area contributed by atoms with Crippen LogP contribution >= 0.6 is 11.3 Å². The lowest BCUT2D eigenvalue weighted by atomic mass is 10.2. The topological polar surface area (TPSA) is 60.9 Å². The number of nitrogens with zero attached hydrogens (tertiary/aromatic N) is 2. The van der Waals surface area contributed by atoms with E-state index in [0.717, 1.165) is 24.3 Å². The molecule has 0 spiro atoms. The minimum Gasteiger partial charge on any atom is -0.480 e. The van der Waals surface area contributed by atoms with Gasteiger partial charge in [-0.2, -0.15) is 0 Å². The second kappa shape index (κ2) is 7.04. The molecule has 1 aromatic rings. The first-order valence-electron chi connectivity index (χ1n) is 7.34. The number of thiophene rings is 1. The van der Waals surface area contributed by atoms with Crippen molar-refractivity contribution in [1.82, 2.24) is 9.80 Å². The van der Waals surface area contributed by atoms with Gasteiger partial charge in [0, 0.05) is 31.1 Å². The Hall–Kier alpha value is -1.40. The third-order valence-corrected chi connectivity index (χ3v) is 4.93. The maximum atomic E-state index is 12.6. The Labute approximate surface area is 129 Å². The Bertz CT molecular complexity index is 527. The van der Waals surface area contributed by atoms with Crippen molar-refractivity contribution in [1.29, 1.82) is 0 Å². The third kappa shape index (κ3) is 4.04. The molecule has 0 unspecified atom stereocenters. The molecule has 1 fully saturated rings. The van der Waals surface area contributed by atoms with Gasteiger partial charge in [-0.1, -0.05) is 6.92 Å². The molecule has 5 nitrogen and oxygen atoms in total. The van der Waals surface area contributed by atoms with Crippen molar-refractivity contribution >= 4 is 23.2 Å². The number of carboxylic acid groups (broad SMARTS) is 1. The van der Waals surface area contributed by atoms with Crippen LogP contribution in [0.1, 0.15) is 33.5 Å². The molecule has 1 N–H and O–H groups in total. The summed E-state index contributed by atoms with van der Waals surface area (Å²) in [7, 11) is 0. The van der Waals surface area contributed by atoms with Gasteiger partial charge >= 0.3 is 5.97 Å². The first kappa shape index (κ1) is 16.0. The van der Waals surface area contributed by atoms with E-state index in [4.69, 9.17) is 5.11 Å². The molecule has 1 aliphatic heterocycles. The summed E-state index contributed by atoms with van der Waals surface area (Å²) < 4.78 is 0. The van der Waals surface area contributed by atoms with E-state index in [-0.39, 0.29) is 12.5 Å². The molecule has 116 valence electrons. The second-order valence-electron chi connectivity index (χ2n) is 5.36. The number of carboxylic acids is 1. The Kier molecular flexibility index (Phi) is 5.36. The Morgan fingerprint density at radius 1 is 1.29 bits per heavy atom. The summed E-state index contributed by atoms with van der Waals surface area (Å²) in [6.07, 6.45) is 1.77. The summed E-state index contributed by atoms with van der Waals surface area (Å²) in [4.78, 5) is 29.1. The molecule has 21 heavy (non-hydrogen) atoms. The molecule has 2 heterocycles. The largest absolute Gasteiger partial charge is 0.480 e. The molecule has 0 saturated carbocycles. The highest BCUT2D eigenvalue weighted by Crippen LogP contribution is 2.23. The molecule has 0 aliphatic carbocycles. The van der Waals surface area contributed by atoms with Gasteiger partial charge in [0.1, 0.15) is 0 Å². The average Bonchev–Trinajstić information content (AvgIpc) is 2.66. The molecule has 1 amide bonds. The number of rotatable bonds is 4. The minimum atomic E-state index is -0.809. The molecule has 0 atom stereocenters. The van der Waals surface area contributed by atoms with Crippen LogP contribution in [0.4, 0.5) is 0 Å². The maximum absolute atomic E-state index is 12.6. The number of carbonyl (C=O) groups excluding carboxylic acids is 1. The van der Waals surface area contributed by atoms with E-state index in [9.17, 15) is 9.59 Å². The van der Waals surface area contributed by atoms with E-state index in [1.807, 2.05) is 15.9 Å². The van der Waals surface area contributed by atoms with E-state index < -0.39 is 5.97 Å². The molecule has 0 radical (unpaired) electrons. The van der Waals surface area contributed by atoms with E-state index in [0.29, 0.717) is 19.6 Å². The normalized spacial score (nSPS) is 16.8. The number of carbonyl (C=O) groups is 2. The monoisotopic (exact) mass is 310 g/mol. The quantitative estimate of drug-likeness (QED) is 0.922. The molecule has 2 rings (SSSR count). The summed E-state index contributed by atoms with van der Waals surface area (Å²) >= 11 is 1.56. The maximum Gasteiger partial charge on any atom is 0.317 e. The van der Waals surface area contributed by atoms with Crippen molar-refractivity contribution in [3.05, 3.63) is 21.4 Å². The second-order valence-corrected chi connectivity index (χ2v) is 6.62. The fraction of sp³-hybridized carbons (Fsp3) is 0.600. The van der Waals surface area contributed by atoms with Gasteiger partial charge in [-0.3, -0.25) is 14.5 Å². The standard InChI is InChI=1S/C15H22N2O3S/c1-3-12-9-13(21-11(12)2)15(20)17-6-4-5-16(7-8-17)10-14(18)19/h9H,3-8,10H2,1-2H3,(H,18,19). The van der Waals surface area contributed by atoms with Crippen molar-refractivity contribution in [2.24, 2.45) is 0 Å². The first-order chi connectivity index (χ1) is 10.0. The Balaban J connectivity index is 2.01. The lowest BCUT2D eigenvalue weighted by molar-refractivity contribution is -0.138. The van der Waals surface area contributed by atoms with E-state index in [2.05, 4.69) is 13.8 Å². The highest BCUT2D eigenvalue weighted by molar-refractivity contribution is 7.14. The van der Waals surface area contributed by atoms with E-state index in [1.165, 1.54) is 10.4 Å². The number of aryl methyl sites for hydroxylation is 2. The van der Waals surface area contributed by atoms with Crippen LogP contribution in [0, 0.1) is 6.92 Å². The van der Waals surface area contributed by atoms with E-state index in [1.54, 1.807) is 11.3 Å². The smallest absolute Gasteiger partial charge is 0.317 e. The van der Waals surface area contributed by atoms with Gasteiger partial charge in [0.15, 0.2) is 0 Å². The predicted molar refractivity (Wildman–Crippen MR) is 83.0 cm³/mol. The van der Waals surface area contributed by atoms with Crippen LogP contribution in [0.3, 0.4) is 0 Å². The van der Waals surface area contributed by atoms with Gasteiger partial charge in [-0.15, -0.1) is 11.3 Å². The minimum absolute atomic E-state index is 0.0557. The van der Waals surface area contributed by atoms with Crippen LogP contribution in [0.15, 0.2) is 6.07 Å². The first-order valence-corrected chi connectivity index (χ1v) is 8.15. The summed E-state index contributed by atoms with van der Waals surface area (Å²) in [6.45, 7) is 6.87. The molecule has 1 saturated heterocycles. The van der Waals surface area contributed by atoms with Gasteiger partial charge in [0.2, 0.25) is 0 Å². The number of aliphatic carboxylic acids is 1. The SMILES string of the molecule is CCc1cc(C(=O)N2CCCN(CC(=O)O)CC2)sc1C. The highest BCUT2D eigenvalue weighted by atomic mass is 32.1. The van der Waals surface area contributed by atoms with Crippen molar-refractivity contribution in [3.8, 4) is 0 Å². The van der Waals surface area contributed by atoms with Crippen molar-refractivity contribution < 1.29 is 14.7 Å². The molecule has 1 aliphatic rings. The lowest BCUT2D eigenvalue weighted by Crippen LogP contribution is -2.36. The third-order valence-electron chi connectivity index (χ3n) is 3.85. The number of hydrogen-bond acceptors (Lipinski definition) is 4. The van der Waals surface area contributed by atoms with Gasteiger partial charge < -0.3 is 10.0 Å². The molecular weight excluding hydrogens is 288 g/mol. The van der Waals surface area contributed by atoms with Crippen LogP contribution in [0.5, 0.6) is 0 Å². The predicted octanol–water partition coefficient (Wildman–Crippen LogP) is 1.85. The fourth-order valence-electron chi connectivity index (χ4n) is 2.66. The summed E-state index contributed by atoms with van der Waals surface area (Å²) in [5.74, 6) is -0.726. The van der Waals surface area contributed by atoms with Gasteiger partial charge in [0.05, 0.1) is 11.4 Å². The lowest BCUT2D eigenvalue weighted by Gasteiger charge is -2.20. The molecule has 6 heteroatoms. The van der Waals surface area contributed by atoms with Crippen LogP contribution in [0.25, 0.3) is 0 Å². The van der Waals surface area contributed by atoms with Crippen molar-refractivity contribution in [3.63, 3.8) is 0 Å². The molecule has 0 aromatic carbocycles. The van der Waals surface area contributed by atoms with Crippen LogP contribution < -0.4 is 0 Å². The van der Waals surface area contributed by atoms with Gasteiger partial charge in [-0.05, 0) is 31.4 Å². The Morgan fingerprint density at radius 2 is 2.05 bits per heavy atom. The molecular formula is C15H22N2O3S. The van der Waals surface area contributed by atoms with Crippen LogP contribution in [-0.2, 0) is 11.2 Å². The van der Waals surface area contributed by atoms with E-state index >= 15 is 0 Å². The molecule has 1 aromatic heterocycles. The summed E-state index contributed by atoms with van der Waals surface area (Å²) in [5, 5.41) is 8.85. The number of hydrogen-bond donors (Lipinski definition) is 1. The zero-order chi connectivity index (χ0) is 15.4. The van der Waals surface area contributed by atoms with Crippen molar-refractivity contribution in [2.75, 3.05) is 32.7 Å².